The highest BCUT2D eigenvalue weighted by atomic mass is 16.3. The zero-order valence-electron chi connectivity index (χ0n) is 12.8. The van der Waals surface area contributed by atoms with Gasteiger partial charge in [0.05, 0.1) is 0 Å². The summed E-state index contributed by atoms with van der Waals surface area (Å²) in [7, 11) is 0. The fraction of sp³-hybridized carbons (Fsp3) is 0.529. The smallest absolute Gasteiger partial charge is 0.253 e. The number of aliphatic hydroxyl groups is 1. The zero-order chi connectivity index (χ0) is 15.8. The first-order valence-corrected chi connectivity index (χ1v) is 7.97. The number of carbonyl (C=O) groups excluding carboxylic acids is 2. The van der Waals surface area contributed by atoms with Crippen LogP contribution in [0, 0.1) is 0 Å². The summed E-state index contributed by atoms with van der Waals surface area (Å²) in [5.41, 5.74) is 0.586. The number of likely N-dealkylation sites (tertiary alicyclic amines) is 1. The predicted molar refractivity (Wildman–Crippen MR) is 84.1 cm³/mol. The van der Waals surface area contributed by atoms with Crippen molar-refractivity contribution in [3.63, 3.8) is 0 Å². The lowest BCUT2D eigenvalue weighted by Gasteiger charge is -2.20. The normalized spacial score (nSPS) is 17.0. The third kappa shape index (κ3) is 4.84. The van der Waals surface area contributed by atoms with E-state index in [1.54, 1.807) is 24.3 Å². The van der Waals surface area contributed by atoms with E-state index in [0.717, 1.165) is 25.8 Å². The Morgan fingerprint density at radius 2 is 2.00 bits per heavy atom. The molecule has 5 nitrogen and oxygen atoms in total. The molecule has 0 saturated carbocycles. The van der Waals surface area contributed by atoms with Crippen molar-refractivity contribution in [3.8, 4) is 0 Å². The average molecular weight is 304 g/mol. The molecule has 1 aliphatic rings. The maximum atomic E-state index is 11.9. The van der Waals surface area contributed by atoms with Crippen LogP contribution in [0.25, 0.3) is 0 Å². The lowest BCUT2D eigenvalue weighted by atomic mass is 10.1. The monoisotopic (exact) mass is 304 g/mol. The number of nitrogens with zero attached hydrogens (tertiary/aromatic N) is 1. The molecule has 0 spiro atoms. The lowest BCUT2D eigenvalue weighted by molar-refractivity contribution is -0.130. The van der Waals surface area contributed by atoms with E-state index in [1.807, 2.05) is 11.0 Å². The van der Waals surface area contributed by atoms with Crippen molar-refractivity contribution in [3.05, 3.63) is 35.9 Å². The molecule has 0 radical (unpaired) electrons. The number of aliphatic hydroxyl groups excluding tert-OH is 1. The number of amides is 2. The van der Waals surface area contributed by atoms with Gasteiger partial charge in [-0.25, -0.2) is 0 Å². The van der Waals surface area contributed by atoms with Crippen LogP contribution in [0.1, 0.15) is 43.8 Å². The first-order chi connectivity index (χ1) is 10.7. The van der Waals surface area contributed by atoms with Gasteiger partial charge in [-0.2, -0.15) is 0 Å². The van der Waals surface area contributed by atoms with Gasteiger partial charge in [-0.1, -0.05) is 36.8 Å². The Labute approximate surface area is 131 Å². The summed E-state index contributed by atoms with van der Waals surface area (Å²) in [5.74, 6) is -0.179. The summed E-state index contributed by atoms with van der Waals surface area (Å²) in [5, 5.41) is 12.7. The molecule has 22 heavy (non-hydrogen) atoms. The van der Waals surface area contributed by atoms with Crippen molar-refractivity contribution < 1.29 is 14.7 Å². The third-order valence-corrected chi connectivity index (χ3v) is 3.94. The molecule has 1 unspecified atom stereocenters. The Hall–Kier alpha value is -1.88. The van der Waals surface area contributed by atoms with Gasteiger partial charge in [0.15, 0.2) is 6.10 Å². The molecule has 2 rings (SSSR count). The number of nitrogens with one attached hydrogen (secondary N) is 1. The van der Waals surface area contributed by atoms with Crippen LogP contribution in [0.3, 0.4) is 0 Å². The van der Waals surface area contributed by atoms with Crippen molar-refractivity contribution in [2.75, 3.05) is 19.6 Å². The second kappa shape index (κ2) is 8.54. The van der Waals surface area contributed by atoms with Gasteiger partial charge < -0.3 is 15.3 Å². The molecule has 0 bridgehead atoms. The van der Waals surface area contributed by atoms with Crippen molar-refractivity contribution >= 4 is 11.8 Å². The summed E-state index contributed by atoms with van der Waals surface area (Å²) in [6.45, 7) is 1.95. The van der Waals surface area contributed by atoms with E-state index in [1.165, 1.54) is 0 Å². The van der Waals surface area contributed by atoms with Gasteiger partial charge in [-0.15, -0.1) is 0 Å². The maximum Gasteiger partial charge on any atom is 0.253 e. The highest BCUT2D eigenvalue weighted by Gasteiger charge is 2.18. The molecule has 1 aromatic rings. The van der Waals surface area contributed by atoms with Crippen LogP contribution in [0.4, 0.5) is 0 Å². The molecule has 2 amide bonds. The van der Waals surface area contributed by atoms with Crippen molar-refractivity contribution in [2.45, 2.75) is 38.2 Å². The Morgan fingerprint density at radius 1 is 1.23 bits per heavy atom. The van der Waals surface area contributed by atoms with Crippen LogP contribution in [0.2, 0.25) is 0 Å². The van der Waals surface area contributed by atoms with Gasteiger partial charge in [0, 0.05) is 26.1 Å². The lowest BCUT2D eigenvalue weighted by Crippen LogP contribution is -2.35. The summed E-state index contributed by atoms with van der Waals surface area (Å²) < 4.78 is 0. The zero-order valence-corrected chi connectivity index (χ0v) is 12.8. The van der Waals surface area contributed by atoms with E-state index < -0.39 is 12.0 Å². The van der Waals surface area contributed by atoms with Gasteiger partial charge in [-0.3, -0.25) is 9.59 Å². The molecule has 1 fully saturated rings. The van der Waals surface area contributed by atoms with Gasteiger partial charge in [0.1, 0.15) is 0 Å². The second-order valence-corrected chi connectivity index (χ2v) is 5.65. The van der Waals surface area contributed by atoms with E-state index in [-0.39, 0.29) is 5.91 Å². The molecular formula is C17H24N2O3. The van der Waals surface area contributed by atoms with Gasteiger partial charge in [0.25, 0.3) is 5.91 Å². The minimum atomic E-state index is -1.14. The molecule has 0 aliphatic carbocycles. The summed E-state index contributed by atoms with van der Waals surface area (Å²) in [6.07, 6.45) is 3.36. The Balaban J connectivity index is 1.69. The van der Waals surface area contributed by atoms with Crippen LogP contribution in [-0.4, -0.2) is 41.5 Å². The molecule has 1 heterocycles. The molecule has 1 aliphatic heterocycles. The minimum Gasteiger partial charge on any atom is -0.378 e. The first-order valence-electron chi connectivity index (χ1n) is 7.97. The van der Waals surface area contributed by atoms with E-state index in [9.17, 15) is 14.7 Å². The first kappa shape index (κ1) is 16.5. The summed E-state index contributed by atoms with van der Waals surface area (Å²) in [6, 6.07) is 8.86. The van der Waals surface area contributed by atoms with Crippen LogP contribution in [0.5, 0.6) is 0 Å². The molecule has 1 aromatic carbocycles. The van der Waals surface area contributed by atoms with Crippen LogP contribution >= 0.6 is 0 Å². The van der Waals surface area contributed by atoms with Crippen LogP contribution in [0.15, 0.2) is 30.3 Å². The van der Waals surface area contributed by atoms with E-state index in [4.69, 9.17) is 0 Å². The molecule has 1 atom stereocenters. The highest BCUT2D eigenvalue weighted by molar-refractivity contribution is 5.81. The second-order valence-electron chi connectivity index (χ2n) is 5.65. The highest BCUT2D eigenvalue weighted by Crippen LogP contribution is 2.12. The van der Waals surface area contributed by atoms with Crippen molar-refractivity contribution in [1.29, 1.82) is 0 Å². The number of hydrogen-bond acceptors (Lipinski definition) is 3. The Bertz CT molecular complexity index is 490. The molecule has 2 N–H and O–H groups in total. The third-order valence-electron chi connectivity index (χ3n) is 3.94. The topological polar surface area (TPSA) is 69.6 Å². The van der Waals surface area contributed by atoms with Gasteiger partial charge in [-0.05, 0) is 24.8 Å². The fourth-order valence-electron chi connectivity index (χ4n) is 2.64. The van der Waals surface area contributed by atoms with E-state index in [2.05, 4.69) is 5.32 Å². The summed E-state index contributed by atoms with van der Waals surface area (Å²) >= 11 is 0. The van der Waals surface area contributed by atoms with Crippen molar-refractivity contribution in [2.24, 2.45) is 0 Å². The quantitative estimate of drug-likeness (QED) is 0.785. The maximum absolute atomic E-state index is 11.9. The predicted octanol–water partition coefficient (Wildman–Crippen LogP) is 1.63. The number of benzene rings is 1. The Kier molecular flexibility index (Phi) is 6.40. The molecule has 1 saturated heterocycles. The molecular weight excluding hydrogens is 280 g/mol. The fourth-order valence-corrected chi connectivity index (χ4v) is 2.64. The molecule has 120 valence electrons. The minimum absolute atomic E-state index is 0.216. The largest absolute Gasteiger partial charge is 0.378 e. The Morgan fingerprint density at radius 3 is 2.77 bits per heavy atom. The van der Waals surface area contributed by atoms with Crippen LogP contribution in [-0.2, 0) is 9.59 Å². The van der Waals surface area contributed by atoms with Gasteiger partial charge >= 0.3 is 0 Å². The van der Waals surface area contributed by atoms with Crippen LogP contribution < -0.4 is 5.32 Å². The SMILES string of the molecule is O=C(NCCCN1CCCCCC1=O)C(O)c1ccccc1. The van der Waals surface area contributed by atoms with E-state index >= 15 is 0 Å². The standard InChI is InChI=1S/C17H24N2O3/c20-15-10-5-2-6-12-19(15)13-7-11-18-17(22)16(21)14-8-3-1-4-9-14/h1,3-4,8-9,16,21H,2,5-7,10-13H2,(H,18,22). The summed E-state index contributed by atoms with van der Waals surface area (Å²) in [4.78, 5) is 25.6. The van der Waals surface area contributed by atoms with E-state index in [0.29, 0.717) is 31.5 Å². The van der Waals surface area contributed by atoms with Crippen molar-refractivity contribution in [1.82, 2.24) is 10.2 Å². The number of carbonyl (C=O) groups is 2. The molecule has 5 heteroatoms. The molecule has 0 aromatic heterocycles. The average Bonchev–Trinajstić information content (AvgIpc) is 2.76. The number of hydrogen-bond donors (Lipinski definition) is 2. The number of rotatable bonds is 6. The van der Waals surface area contributed by atoms with Gasteiger partial charge in [0.2, 0.25) is 5.91 Å².